The summed E-state index contributed by atoms with van der Waals surface area (Å²) in [6.07, 6.45) is 1.81. The van der Waals surface area contributed by atoms with Crippen LogP contribution in [0.1, 0.15) is 36.7 Å². The molecule has 0 radical (unpaired) electrons. The number of benzene rings is 2. The number of aromatic amines is 1. The van der Waals surface area contributed by atoms with E-state index >= 15 is 0 Å². The maximum absolute atomic E-state index is 12.6. The molecule has 9 heteroatoms. The van der Waals surface area contributed by atoms with Crippen molar-refractivity contribution < 1.29 is 9.53 Å². The predicted octanol–water partition coefficient (Wildman–Crippen LogP) is 3.95. The molecule has 1 amide bonds. The number of H-pyrrole nitrogens is 1. The first-order chi connectivity index (χ1) is 15.2. The number of anilines is 2. The minimum atomic E-state index is -0.346. The predicted molar refractivity (Wildman–Crippen MR) is 124 cm³/mol. The lowest BCUT2D eigenvalue weighted by Crippen LogP contribution is -2.40. The SMILES string of the molecule is COc1cc(-c2nc(Nc3ccc4[nH]ncc4c3C)n(C)n2)ccc1C(=O)NC(C)(C)C. The van der Waals surface area contributed by atoms with Crippen molar-refractivity contribution in [2.45, 2.75) is 33.2 Å². The average Bonchev–Trinajstić information content (AvgIpc) is 3.35. The summed E-state index contributed by atoms with van der Waals surface area (Å²) >= 11 is 0. The summed E-state index contributed by atoms with van der Waals surface area (Å²) in [5.41, 5.74) is 3.84. The monoisotopic (exact) mass is 433 g/mol. The molecule has 32 heavy (non-hydrogen) atoms. The van der Waals surface area contributed by atoms with Crippen molar-refractivity contribution in [2.24, 2.45) is 7.05 Å². The van der Waals surface area contributed by atoms with Crippen LogP contribution in [0.5, 0.6) is 5.75 Å². The smallest absolute Gasteiger partial charge is 0.255 e. The van der Waals surface area contributed by atoms with Gasteiger partial charge in [-0.1, -0.05) is 6.07 Å². The highest BCUT2D eigenvalue weighted by Gasteiger charge is 2.20. The molecule has 0 atom stereocenters. The second kappa shape index (κ2) is 7.99. The van der Waals surface area contributed by atoms with Crippen molar-refractivity contribution in [3.05, 3.63) is 47.7 Å². The summed E-state index contributed by atoms with van der Waals surface area (Å²) in [5, 5.41) is 19.0. The first-order valence-electron chi connectivity index (χ1n) is 10.3. The van der Waals surface area contributed by atoms with Gasteiger partial charge in [-0.05, 0) is 57.5 Å². The molecular formula is C23H27N7O2. The second-order valence-corrected chi connectivity index (χ2v) is 8.70. The highest BCUT2D eigenvalue weighted by atomic mass is 16.5. The topological polar surface area (TPSA) is 110 Å². The van der Waals surface area contributed by atoms with Crippen LogP contribution in [0.3, 0.4) is 0 Å². The zero-order valence-corrected chi connectivity index (χ0v) is 19.1. The summed E-state index contributed by atoms with van der Waals surface area (Å²) in [4.78, 5) is 17.3. The molecule has 166 valence electrons. The van der Waals surface area contributed by atoms with Crippen LogP contribution in [0.2, 0.25) is 0 Å². The van der Waals surface area contributed by atoms with Gasteiger partial charge in [-0.25, -0.2) is 4.68 Å². The molecule has 2 aromatic carbocycles. The van der Waals surface area contributed by atoms with Gasteiger partial charge in [0.15, 0.2) is 5.82 Å². The number of hydrogen-bond acceptors (Lipinski definition) is 6. The molecular weight excluding hydrogens is 406 g/mol. The number of carbonyl (C=O) groups is 1. The minimum Gasteiger partial charge on any atom is -0.496 e. The van der Waals surface area contributed by atoms with Crippen molar-refractivity contribution in [2.75, 3.05) is 12.4 Å². The zero-order chi connectivity index (χ0) is 23.0. The molecule has 0 spiro atoms. The molecule has 0 saturated heterocycles. The normalized spacial score (nSPS) is 11.6. The molecule has 3 N–H and O–H groups in total. The van der Waals surface area contributed by atoms with E-state index in [1.54, 1.807) is 23.9 Å². The average molecular weight is 434 g/mol. The van der Waals surface area contributed by atoms with Gasteiger partial charge in [0, 0.05) is 29.2 Å². The Morgan fingerprint density at radius 2 is 1.97 bits per heavy atom. The van der Waals surface area contributed by atoms with Crippen molar-refractivity contribution in [3.63, 3.8) is 0 Å². The Morgan fingerprint density at radius 1 is 1.19 bits per heavy atom. The van der Waals surface area contributed by atoms with E-state index in [1.165, 1.54) is 0 Å². The Kier molecular flexibility index (Phi) is 5.33. The first kappa shape index (κ1) is 21.4. The first-order valence-corrected chi connectivity index (χ1v) is 10.3. The van der Waals surface area contributed by atoms with Crippen LogP contribution in [0.15, 0.2) is 36.5 Å². The molecule has 0 bridgehead atoms. The molecule has 0 aliphatic rings. The number of aryl methyl sites for hydroxylation is 2. The Bertz CT molecular complexity index is 1300. The zero-order valence-electron chi connectivity index (χ0n) is 19.1. The van der Waals surface area contributed by atoms with Gasteiger partial charge in [-0.15, -0.1) is 5.10 Å². The molecule has 0 unspecified atom stereocenters. The molecule has 0 saturated carbocycles. The number of ether oxygens (including phenoxy) is 1. The molecule has 0 aliphatic heterocycles. The van der Waals surface area contributed by atoms with E-state index in [-0.39, 0.29) is 11.4 Å². The molecule has 9 nitrogen and oxygen atoms in total. The van der Waals surface area contributed by atoms with Gasteiger partial charge in [0.25, 0.3) is 5.91 Å². The van der Waals surface area contributed by atoms with E-state index in [1.807, 2.05) is 59.1 Å². The van der Waals surface area contributed by atoms with Crippen LogP contribution < -0.4 is 15.4 Å². The van der Waals surface area contributed by atoms with Gasteiger partial charge < -0.3 is 15.4 Å². The van der Waals surface area contributed by atoms with Crippen molar-refractivity contribution in [1.29, 1.82) is 0 Å². The molecule has 2 aromatic heterocycles. The maximum Gasteiger partial charge on any atom is 0.255 e. The quantitative estimate of drug-likeness (QED) is 0.440. The van der Waals surface area contributed by atoms with Crippen LogP contribution >= 0.6 is 0 Å². The fourth-order valence-electron chi connectivity index (χ4n) is 3.46. The maximum atomic E-state index is 12.6. The van der Waals surface area contributed by atoms with Crippen molar-refractivity contribution in [1.82, 2.24) is 30.3 Å². The lowest BCUT2D eigenvalue weighted by atomic mass is 10.1. The van der Waals surface area contributed by atoms with Gasteiger partial charge >= 0.3 is 0 Å². The van der Waals surface area contributed by atoms with E-state index in [0.29, 0.717) is 23.1 Å². The van der Waals surface area contributed by atoms with Crippen LogP contribution in [0.25, 0.3) is 22.3 Å². The molecule has 0 fully saturated rings. The molecule has 2 heterocycles. The lowest BCUT2D eigenvalue weighted by molar-refractivity contribution is 0.0916. The van der Waals surface area contributed by atoms with Crippen molar-refractivity contribution >= 4 is 28.4 Å². The number of hydrogen-bond donors (Lipinski definition) is 3. The lowest BCUT2D eigenvalue weighted by Gasteiger charge is -2.21. The third-order valence-corrected chi connectivity index (χ3v) is 5.10. The third-order valence-electron chi connectivity index (χ3n) is 5.10. The Hall–Kier alpha value is -3.88. The van der Waals surface area contributed by atoms with E-state index in [2.05, 4.69) is 30.9 Å². The highest BCUT2D eigenvalue weighted by Crippen LogP contribution is 2.29. The number of carbonyl (C=O) groups excluding carboxylic acids is 1. The number of nitrogens with one attached hydrogen (secondary N) is 3. The summed E-state index contributed by atoms with van der Waals surface area (Å²) in [6.45, 7) is 7.84. The number of aromatic nitrogens is 5. The van der Waals surface area contributed by atoms with E-state index in [9.17, 15) is 4.79 Å². The number of methoxy groups -OCH3 is 1. The van der Waals surface area contributed by atoms with Crippen LogP contribution in [-0.2, 0) is 7.05 Å². The molecule has 0 aliphatic carbocycles. The van der Waals surface area contributed by atoms with Gasteiger partial charge in [0.05, 0.1) is 24.4 Å². The Morgan fingerprint density at radius 3 is 2.69 bits per heavy atom. The van der Waals surface area contributed by atoms with E-state index in [0.717, 1.165) is 27.7 Å². The largest absolute Gasteiger partial charge is 0.496 e. The van der Waals surface area contributed by atoms with Crippen LogP contribution in [-0.4, -0.2) is 43.5 Å². The van der Waals surface area contributed by atoms with Gasteiger partial charge in [-0.3, -0.25) is 9.89 Å². The summed E-state index contributed by atoms with van der Waals surface area (Å²) in [6, 6.07) is 9.29. The number of nitrogens with zero attached hydrogens (tertiary/aromatic N) is 4. The fourth-order valence-corrected chi connectivity index (χ4v) is 3.46. The number of fused-ring (bicyclic) bond motifs is 1. The van der Waals surface area contributed by atoms with Crippen molar-refractivity contribution in [3.8, 4) is 17.1 Å². The number of amides is 1. The van der Waals surface area contributed by atoms with Gasteiger partial charge in [-0.2, -0.15) is 10.1 Å². The summed E-state index contributed by atoms with van der Waals surface area (Å²) < 4.78 is 7.16. The molecule has 4 rings (SSSR count). The Labute approximate surface area is 186 Å². The van der Waals surface area contributed by atoms with E-state index in [4.69, 9.17) is 4.74 Å². The Balaban J connectivity index is 1.63. The van der Waals surface area contributed by atoms with Crippen LogP contribution in [0, 0.1) is 6.92 Å². The van der Waals surface area contributed by atoms with Gasteiger partial charge in [0.1, 0.15) is 5.75 Å². The number of rotatable bonds is 5. The summed E-state index contributed by atoms with van der Waals surface area (Å²) in [7, 11) is 3.37. The van der Waals surface area contributed by atoms with Gasteiger partial charge in [0.2, 0.25) is 5.95 Å². The standard InChI is InChI=1S/C23H27N7O2/c1-13-16-12-24-28-18(16)10-9-17(13)25-22-26-20(29-30(22)5)14-7-8-15(19(11-14)32-6)21(31)27-23(2,3)4/h7-12H,1-6H3,(H,24,28)(H,27,31)(H,25,26,29). The van der Waals surface area contributed by atoms with E-state index < -0.39 is 0 Å². The highest BCUT2D eigenvalue weighted by molar-refractivity contribution is 5.98. The fraction of sp³-hybridized carbons (Fsp3) is 0.304. The second-order valence-electron chi connectivity index (χ2n) is 8.70. The minimum absolute atomic E-state index is 0.192. The summed E-state index contributed by atoms with van der Waals surface area (Å²) in [5.74, 6) is 1.40. The third kappa shape index (κ3) is 4.14. The molecule has 4 aromatic rings. The van der Waals surface area contributed by atoms with Crippen LogP contribution in [0.4, 0.5) is 11.6 Å².